The molecule has 31 heavy (non-hydrogen) atoms. The number of ether oxygens (including phenoxy) is 2. The zero-order chi connectivity index (χ0) is 22.6. The van der Waals surface area contributed by atoms with Crippen LogP contribution in [0.3, 0.4) is 0 Å². The Morgan fingerprint density at radius 2 is 2.10 bits per heavy atom. The summed E-state index contributed by atoms with van der Waals surface area (Å²) in [7, 11) is 1.42. The second-order valence-electron chi connectivity index (χ2n) is 6.76. The van der Waals surface area contributed by atoms with Crippen molar-refractivity contribution in [2.24, 2.45) is 0 Å². The van der Waals surface area contributed by atoms with Gasteiger partial charge in [0.1, 0.15) is 18.1 Å². The van der Waals surface area contributed by atoms with Crippen molar-refractivity contribution in [1.29, 1.82) is 0 Å². The van der Waals surface area contributed by atoms with Gasteiger partial charge in [0.05, 0.1) is 26.5 Å². The summed E-state index contributed by atoms with van der Waals surface area (Å²) in [4.78, 5) is 14.2. The summed E-state index contributed by atoms with van der Waals surface area (Å²) >= 11 is 5.28. The van der Waals surface area contributed by atoms with Crippen molar-refractivity contribution in [1.82, 2.24) is 20.0 Å². The average molecular weight is 454 g/mol. The number of rotatable bonds is 8. The van der Waals surface area contributed by atoms with E-state index in [4.69, 9.17) is 21.7 Å². The van der Waals surface area contributed by atoms with Crippen molar-refractivity contribution in [3.63, 3.8) is 0 Å². The Labute approximate surface area is 182 Å². The number of nitrogens with one attached hydrogen (secondary N) is 1. The molecule has 2 heterocycles. The van der Waals surface area contributed by atoms with Gasteiger partial charge >= 0.3 is 6.18 Å². The van der Waals surface area contributed by atoms with Crippen LogP contribution >= 0.6 is 12.2 Å². The fourth-order valence-electron chi connectivity index (χ4n) is 3.00. The standard InChI is InChI=1S/C20H21F3N4O3S/c1-3-26-9-14(8-24-26)10-27-18(28)16(25-19(27)31)7-13-4-5-17(29-2)15(6-13)11-30-12-20(21,22)23/h4-9H,3,10-12H2,1-2H3,(H,25,31)/b16-7+. The maximum absolute atomic E-state index is 12.8. The molecule has 1 aliphatic heterocycles. The van der Waals surface area contributed by atoms with Crippen LogP contribution in [0.1, 0.15) is 23.6 Å². The lowest BCUT2D eigenvalue weighted by atomic mass is 10.1. The lowest BCUT2D eigenvalue weighted by molar-refractivity contribution is -0.176. The smallest absolute Gasteiger partial charge is 0.411 e. The molecule has 1 aromatic heterocycles. The first-order valence-electron chi connectivity index (χ1n) is 9.37. The van der Waals surface area contributed by atoms with Crippen molar-refractivity contribution < 1.29 is 27.4 Å². The maximum atomic E-state index is 12.8. The first-order valence-corrected chi connectivity index (χ1v) is 9.78. The van der Waals surface area contributed by atoms with Gasteiger partial charge in [-0.2, -0.15) is 18.3 Å². The highest BCUT2D eigenvalue weighted by Gasteiger charge is 2.31. The normalized spacial score (nSPS) is 15.6. The third kappa shape index (κ3) is 5.82. The molecule has 0 spiro atoms. The molecule has 3 rings (SSSR count). The lowest BCUT2D eigenvalue weighted by Crippen LogP contribution is -2.29. The number of alkyl halides is 3. The number of thiocarbonyl (C=S) groups is 1. The van der Waals surface area contributed by atoms with Gasteiger partial charge in [0.25, 0.3) is 5.91 Å². The first kappa shape index (κ1) is 22.8. The second-order valence-corrected chi connectivity index (χ2v) is 7.15. The molecule has 166 valence electrons. The predicted octanol–water partition coefficient (Wildman–Crippen LogP) is 3.25. The topological polar surface area (TPSA) is 68.6 Å². The van der Waals surface area contributed by atoms with Crippen LogP contribution in [0.4, 0.5) is 13.2 Å². The largest absolute Gasteiger partial charge is 0.496 e. The van der Waals surface area contributed by atoms with E-state index in [9.17, 15) is 18.0 Å². The third-order valence-electron chi connectivity index (χ3n) is 4.45. The number of aromatic nitrogens is 2. The van der Waals surface area contributed by atoms with Gasteiger partial charge < -0.3 is 14.8 Å². The SMILES string of the molecule is CCn1cc(CN2C(=O)/C(=C\c3ccc(OC)c(COCC(F)(F)F)c3)NC2=S)cn1. The van der Waals surface area contributed by atoms with E-state index >= 15 is 0 Å². The molecule has 1 aliphatic rings. The van der Waals surface area contributed by atoms with Crippen LogP contribution in [0.2, 0.25) is 0 Å². The van der Waals surface area contributed by atoms with Crippen LogP contribution in [0.5, 0.6) is 5.75 Å². The summed E-state index contributed by atoms with van der Waals surface area (Å²) in [6.45, 7) is 1.31. The summed E-state index contributed by atoms with van der Waals surface area (Å²) in [6, 6.07) is 4.90. The van der Waals surface area contributed by atoms with E-state index in [1.54, 1.807) is 35.2 Å². The number of hydrogen-bond acceptors (Lipinski definition) is 5. The van der Waals surface area contributed by atoms with Crippen molar-refractivity contribution in [3.05, 3.63) is 53.0 Å². The molecule has 11 heteroatoms. The zero-order valence-corrected chi connectivity index (χ0v) is 17.7. The predicted molar refractivity (Wildman–Crippen MR) is 111 cm³/mol. The number of carbonyl (C=O) groups is 1. The van der Waals surface area contributed by atoms with Crippen LogP contribution in [0.25, 0.3) is 6.08 Å². The molecule has 1 amide bonds. The molecule has 1 saturated heterocycles. The minimum Gasteiger partial charge on any atom is -0.496 e. The first-order chi connectivity index (χ1) is 14.7. The van der Waals surface area contributed by atoms with Gasteiger partial charge in [-0.05, 0) is 42.9 Å². The van der Waals surface area contributed by atoms with Gasteiger partial charge in [0, 0.05) is 23.9 Å². The van der Waals surface area contributed by atoms with E-state index < -0.39 is 12.8 Å². The zero-order valence-electron chi connectivity index (χ0n) is 16.9. The Balaban J connectivity index is 1.75. The fourth-order valence-corrected chi connectivity index (χ4v) is 3.26. The summed E-state index contributed by atoms with van der Waals surface area (Å²) in [5.74, 6) is 0.0834. The van der Waals surface area contributed by atoms with E-state index in [2.05, 4.69) is 10.4 Å². The highest BCUT2D eigenvalue weighted by atomic mass is 32.1. The Morgan fingerprint density at radius 3 is 2.74 bits per heavy atom. The number of benzene rings is 1. The molecule has 1 fully saturated rings. The van der Waals surface area contributed by atoms with Crippen LogP contribution in [-0.2, 0) is 29.2 Å². The molecule has 1 aromatic carbocycles. The van der Waals surface area contributed by atoms with Gasteiger partial charge in [-0.1, -0.05) is 6.07 Å². The molecular weight excluding hydrogens is 433 g/mol. The molecule has 0 bridgehead atoms. The van der Waals surface area contributed by atoms with Crippen LogP contribution in [0.15, 0.2) is 36.3 Å². The van der Waals surface area contributed by atoms with E-state index in [1.165, 1.54) is 12.0 Å². The molecule has 0 radical (unpaired) electrons. The summed E-state index contributed by atoms with van der Waals surface area (Å²) < 4.78 is 48.7. The van der Waals surface area contributed by atoms with Crippen molar-refractivity contribution in [3.8, 4) is 5.75 Å². The average Bonchev–Trinajstić information content (AvgIpc) is 3.27. The fraction of sp³-hybridized carbons (Fsp3) is 0.350. The molecule has 0 unspecified atom stereocenters. The number of halogens is 3. The lowest BCUT2D eigenvalue weighted by Gasteiger charge is -2.12. The van der Waals surface area contributed by atoms with E-state index in [0.717, 1.165) is 5.56 Å². The third-order valence-corrected chi connectivity index (χ3v) is 4.77. The Morgan fingerprint density at radius 1 is 1.32 bits per heavy atom. The molecule has 7 nitrogen and oxygen atoms in total. The number of methoxy groups -OCH3 is 1. The van der Waals surface area contributed by atoms with E-state index in [-0.39, 0.29) is 29.9 Å². The van der Waals surface area contributed by atoms with Crippen molar-refractivity contribution in [2.45, 2.75) is 32.8 Å². The second kappa shape index (κ2) is 9.48. The van der Waals surface area contributed by atoms with Crippen LogP contribution in [0, 0.1) is 0 Å². The Bertz CT molecular complexity index is 1000. The number of amides is 1. The van der Waals surface area contributed by atoms with E-state index in [0.29, 0.717) is 23.4 Å². The van der Waals surface area contributed by atoms with Crippen molar-refractivity contribution in [2.75, 3.05) is 13.7 Å². The summed E-state index contributed by atoms with van der Waals surface area (Å²) in [6.07, 6.45) is 0.683. The summed E-state index contributed by atoms with van der Waals surface area (Å²) in [5, 5.41) is 7.34. The Hall–Kier alpha value is -2.92. The van der Waals surface area contributed by atoms with E-state index in [1.807, 2.05) is 13.1 Å². The highest BCUT2D eigenvalue weighted by Crippen LogP contribution is 2.25. The van der Waals surface area contributed by atoms with Crippen LogP contribution < -0.4 is 10.1 Å². The van der Waals surface area contributed by atoms with Crippen molar-refractivity contribution >= 4 is 29.3 Å². The van der Waals surface area contributed by atoms with Gasteiger partial charge in [0.2, 0.25) is 0 Å². The molecule has 0 atom stereocenters. The van der Waals surface area contributed by atoms with Gasteiger partial charge in [-0.3, -0.25) is 14.4 Å². The van der Waals surface area contributed by atoms with Gasteiger partial charge in [-0.15, -0.1) is 0 Å². The number of hydrogen-bond donors (Lipinski definition) is 1. The quantitative estimate of drug-likeness (QED) is 0.488. The number of aryl methyl sites for hydroxylation is 1. The minimum absolute atomic E-state index is 0.264. The molecular formula is C20H21F3N4O3S. The van der Waals surface area contributed by atoms with Gasteiger partial charge in [0.15, 0.2) is 5.11 Å². The maximum Gasteiger partial charge on any atom is 0.411 e. The molecule has 2 aromatic rings. The minimum atomic E-state index is -4.42. The molecule has 0 saturated carbocycles. The molecule has 0 aliphatic carbocycles. The van der Waals surface area contributed by atoms with Crippen LogP contribution in [-0.4, -0.2) is 45.6 Å². The number of nitrogens with zero attached hydrogens (tertiary/aromatic N) is 3. The summed E-state index contributed by atoms with van der Waals surface area (Å²) in [5.41, 5.74) is 2.12. The Kier molecular flexibility index (Phi) is 6.96. The van der Waals surface area contributed by atoms with Gasteiger partial charge in [-0.25, -0.2) is 0 Å². The monoisotopic (exact) mass is 454 g/mol. The molecule has 1 N–H and O–H groups in total. The highest BCUT2D eigenvalue weighted by molar-refractivity contribution is 7.80. The number of carbonyl (C=O) groups excluding carboxylic acids is 1.